The molecule has 2 aromatic carbocycles. The summed E-state index contributed by atoms with van der Waals surface area (Å²) in [6, 6.07) is 17.4. The van der Waals surface area contributed by atoms with E-state index in [1.54, 1.807) is 18.2 Å². The van der Waals surface area contributed by atoms with Gasteiger partial charge in [0.15, 0.2) is 0 Å². The Hall–Kier alpha value is -1.90. The van der Waals surface area contributed by atoms with Gasteiger partial charge in [-0.15, -0.1) is 0 Å². The third-order valence-corrected chi connectivity index (χ3v) is 3.94. The lowest BCUT2D eigenvalue weighted by molar-refractivity contribution is 0.531. The smallest absolute Gasteiger partial charge is 0.135 e. The van der Waals surface area contributed by atoms with E-state index in [-0.39, 0.29) is 0 Å². The fourth-order valence-corrected chi connectivity index (χ4v) is 2.55. The van der Waals surface area contributed by atoms with E-state index in [2.05, 4.69) is 24.4 Å². The SMILES string of the molecule is Cc1ccc(NCc2ccc(-c3cc(Cl)ccc3Cl)o2)cc1. The van der Waals surface area contributed by atoms with E-state index in [0.29, 0.717) is 22.4 Å². The molecule has 1 aromatic heterocycles. The summed E-state index contributed by atoms with van der Waals surface area (Å²) in [5.74, 6) is 1.56. The summed E-state index contributed by atoms with van der Waals surface area (Å²) in [5.41, 5.74) is 3.10. The molecule has 0 saturated heterocycles. The van der Waals surface area contributed by atoms with Crippen molar-refractivity contribution in [3.8, 4) is 11.3 Å². The van der Waals surface area contributed by atoms with Gasteiger partial charge in [-0.05, 0) is 49.4 Å². The molecule has 0 aliphatic carbocycles. The van der Waals surface area contributed by atoms with Gasteiger partial charge < -0.3 is 9.73 Å². The zero-order valence-electron chi connectivity index (χ0n) is 12.1. The highest BCUT2D eigenvalue weighted by Gasteiger charge is 2.09. The van der Waals surface area contributed by atoms with Crippen LogP contribution >= 0.6 is 23.2 Å². The summed E-state index contributed by atoms with van der Waals surface area (Å²) in [7, 11) is 0. The van der Waals surface area contributed by atoms with Crippen LogP contribution in [0.25, 0.3) is 11.3 Å². The molecule has 0 saturated carbocycles. The Kier molecular flexibility index (Phi) is 4.41. The predicted molar refractivity (Wildman–Crippen MR) is 92.7 cm³/mol. The largest absolute Gasteiger partial charge is 0.459 e. The molecule has 0 spiro atoms. The minimum absolute atomic E-state index is 0.612. The number of rotatable bonds is 4. The standard InChI is InChI=1S/C18H15Cl2NO/c1-12-2-5-14(6-3-12)21-11-15-7-9-18(22-15)16-10-13(19)4-8-17(16)20/h2-10,21H,11H2,1H3. The van der Waals surface area contributed by atoms with Crippen LogP contribution in [0.5, 0.6) is 0 Å². The molecule has 22 heavy (non-hydrogen) atoms. The molecule has 0 aliphatic rings. The Bertz CT molecular complexity index is 778. The predicted octanol–water partition coefficient (Wildman–Crippen LogP) is 6.17. The first-order valence-electron chi connectivity index (χ1n) is 6.96. The van der Waals surface area contributed by atoms with Gasteiger partial charge in [0.1, 0.15) is 11.5 Å². The molecule has 3 rings (SSSR count). The number of halogens is 2. The highest BCUT2D eigenvalue weighted by atomic mass is 35.5. The first-order chi connectivity index (χ1) is 10.6. The van der Waals surface area contributed by atoms with Crippen molar-refractivity contribution in [2.24, 2.45) is 0 Å². The maximum absolute atomic E-state index is 6.19. The van der Waals surface area contributed by atoms with E-state index in [0.717, 1.165) is 17.0 Å². The molecular formula is C18H15Cl2NO. The van der Waals surface area contributed by atoms with Crippen LogP contribution in [0.4, 0.5) is 5.69 Å². The molecule has 0 atom stereocenters. The third kappa shape index (κ3) is 3.46. The number of aryl methyl sites for hydroxylation is 1. The summed E-state index contributed by atoms with van der Waals surface area (Å²) in [6.45, 7) is 2.68. The van der Waals surface area contributed by atoms with E-state index >= 15 is 0 Å². The Morgan fingerprint density at radius 3 is 2.50 bits per heavy atom. The van der Waals surface area contributed by atoms with Gasteiger partial charge in [0.05, 0.1) is 11.6 Å². The van der Waals surface area contributed by atoms with Crippen LogP contribution in [0.2, 0.25) is 10.0 Å². The molecular weight excluding hydrogens is 317 g/mol. The quantitative estimate of drug-likeness (QED) is 0.618. The molecule has 0 bridgehead atoms. The lowest BCUT2D eigenvalue weighted by Crippen LogP contribution is -1.97. The van der Waals surface area contributed by atoms with Crippen molar-refractivity contribution >= 4 is 28.9 Å². The number of furan rings is 1. The van der Waals surface area contributed by atoms with Crippen LogP contribution < -0.4 is 5.32 Å². The van der Waals surface area contributed by atoms with Gasteiger partial charge in [-0.2, -0.15) is 0 Å². The Labute approximate surface area is 139 Å². The van der Waals surface area contributed by atoms with E-state index in [9.17, 15) is 0 Å². The molecule has 1 heterocycles. The molecule has 3 aromatic rings. The first kappa shape index (κ1) is 15.0. The number of benzene rings is 2. The van der Waals surface area contributed by atoms with Crippen molar-refractivity contribution in [1.82, 2.24) is 0 Å². The van der Waals surface area contributed by atoms with Crippen LogP contribution in [0.15, 0.2) is 59.0 Å². The molecule has 112 valence electrons. The van der Waals surface area contributed by atoms with Gasteiger partial charge in [-0.25, -0.2) is 0 Å². The van der Waals surface area contributed by atoms with E-state index < -0.39 is 0 Å². The van der Waals surface area contributed by atoms with Gasteiger partial charge in [-0.3, -0.25) is 0 Å². The molecule has 2 nitrogen and oxygen atoms in total. The average molecular weight is 332 g/mol. The Balaban J connectivity index is 1.73. The zero-order valence-corrected chi connectivity index (χ0v) is 13.6. The van der Waals surface area contributed by atoms with Crippen LogP contribution in [0.3, 0.4) is 0 Å². The van der Waals surface area contributed by atoms with Crippen LogP contribution in [0.1, 0.15) is 11.3 Å². The van der Waals surface area contributed by atoms with Crippen molar-refractivity contribution < 1.29 is 4.42 Å². The normalized spacial score (nSPS) is 10.7. The third-order valence-electron chi connectivity index (χ3n) is 3.37. The summed E-state index contributed by atoms with van der Waals surface area (Å²) in [6.07, 6.45) is 0. The minimum Gasteiger partial charge on any atom is -0.459 e. The highest BCUT2D eigenvalue weighted by molar-refractivity contribution is 6.35. The first-order valence-corrected chi connectivity index (χ1v) is 7.72. The van der Waals surface area contributed by atoms with Crippen LogP contribution in [-0.4, -0.2) is 0 Å². The lowest BCUT2D eigenvalue weighted by atomic mass is 10.2. The number of hydrogen-bond acceptors (Lipinski definition) is 2. The molecule has 1 N–H and O–H groups in total. The monoisotopic (exact) mass is 331 g/mol. The summed E-state index contributed by atoms with van der Waals surface area (Å²) >= 11 is 12.2. The Morgan fingerprint density at radius 2 is 1.73 bits per heavy atom. The van der Waals surface area contributed by atoms with Gasteiger partial charge in [0, 0.05) is 16.3 Å². The van der Waals surface area contributed by atoms with Gasteiger partial charge in [0.25, 0.3) is 0 Å². The average Bonchev–Trinajstić information content (AvgIpc) is 2.98. The zero-order chi connectivity index (χ0) is 15.5. The van der Waals surface area contributed by atoms with Gasteiger partial charge >= 0.3 is 0 Å². The van der Waals surface area contributed by atoms with E-state index in [1.807, 2.05) is 24.3 Å². The van der Waals surface area contributed by atoms with Gasteiger partial charge in [0.2, 0.25) is 0 Å². The molecule has 0 radical (unpaired) electrons. The van der Waals surface area contributed by atoms with Crippen molar-refractivity contribution in [2.45, 2.75) is 13.5 Å². The van der Waals surface area contributed by atoms with Crippen LogP contribution in [-0.2, 0) is 6.54 Å². The molecule has 0 amide bonds. The van der Waals surface area contributed by atoms with Crippen LogP contribution in [0, 0.1) is 6.92 Å². The second-order valence-electron chi connectivity index (χ2n) is 5.11. The Morgan fingerprint density at radius 1 is 0.955 bits per heavy atom. The second kappa shape index (κ2) is 6.47. The fraction of sp³-hybridized carbons (Fsp3) is 0.111. The summed E-state index contributed by atoms with van der Waals surface area (Å²) in [5, 5.41) is 4.58. The number of anilines is 1. The van der Waals surface area contributed by atoms with E-state index in [1.165, 1.54) is 5.56 Å². The molecule has 0 fully saturated rings. The second-order valence-corrected chi connectivity index (χ2v) is 5.95. The molecule has 0 unspecified atom stereocenters. The van der Waals surface area contributed by atoms with Gasteiger partial charge in [-0.1, -0.05) is 40.9 Å². The number of nitrogens with one attached hydrogen (secondary N) is 1. The van der Waals surface area contributed by atoms with Crippen molar-refractivity contribution in [1.29, 1.82) is 0 Å². The van der Waals surface area contributed by atoms with Crippen molar-refractivity contribution in [3.05, 3.63) is 76.0 Å². The van der Waals surface area contributed by atoms with E-state index in [4.69, 9.17) is 27.6 Å². The maximum Gasteiger partial charge on any atom is 0.135 e. The summed E-state index contributed by atoms with van der Waals surface area (Å²) < 4.78 is 5.85. The van der Waals surface area contributed by atoms with Crippen molar-refractivity contribution in [3.63, 3.8) is 0 Å². The maximum atomic E-state index is 6.19. The minimum atomic E-state index is 0.612. The molecule has 0 aliphatic heterocycles. The number of hydrogen-bond donors (Lipinski definition) is 1. The van der Waals surface area contributed by atoms with Crippen molar-refractivity contribution in [2.75, 3.05) is 5.32 Å². The molecule has 4 heteroatoms. The fourth-order valence-electron chi connectivity index (χ4n) is 2.16. The topological polar surface area (TPSA) is 25.2 Å². The summed E-state index contributed by atoms with van der Waals surface area (Å²) in [4.78, 5) is 0. The highest BCUT2D eigenvalue weighted by Crippen LogP contribution is 2.31. The lowest BCUT2D eigenvalue weighted by Gasteiger charge is -2.05.